The number of likely N-dealkylation sites (N-methyl/N-ethyl adjacent to an activating group) is 1. The van der Waals surface area contributed by atoms with Gasteiger partial charge in [0.05, 0.1) is 0 Å². The van der Waals surface area contributed by atoms with E-state index in [1.807, 2.05) is 0 Å². The fraction of sp³-hybridized carbons (Fsp3) is 0.706. The lowest BCUT2D eigenvalue weighted by Gasteiger charge is -2.51. The van der Waals surface area contributed by atoms with Gasteiger partial charge in [-0.25, -0.2) is 0 Å². The Balaban J connectivity index is 1.59. The highest BCUT2D eigenvalue weighted by molar-refractivity contribution is 5.10. The third-order valence-corrected chi connectivity index (χ3v) is 5.13. The largest absolute Gasteiger partial charge is 0.381 e. The minimum Gasteiger partial charge on any atom is -0.381 e. The van der Waals surface area contributed by atoms with Gasteiger partial charge >= 0.3 is 0 Å². The molecule has 0 radical (unpaired) electrons. The van der Waals surface area contributed by atoms with Gasteiger partial charge in [-0.1, -0.05) is 6.07 Å². The molecule has 2 aliphatic heterocycles. The van der Waals surface area contributed by atoms with Gasteiger partial charge in [0, 0.05) is 62.7 Å². The highest BCUT2D eigenvalue weighted by Crippen LogP contribution is 2.30. The highest BCUT2D eigenvalue weighted by atomic mass is 16.5. The van der Waals surface area contributed by atoms with Gasteiger partial charge in [-0.15, -0.1) is 0 Å². The zero-order valence-electron chi connectivity index (χ0n) is 13.3. The summed E-state index contributed by atoms with van der Waals surface area (Å²) in [6.45, 7) is 8.53. The van der Waals surface area contributed by atoms with Crippen LogP contribution in [0.25, 0.3) is 0 Å². The first-order valence-electron chi connectivity index (χ1n) is 8.12. The summed E-state index contributed by atoms with van der Waals surface area (Å²) in [5.74, 6) is 0. The Labute approximate surface area is 128 Å². The Morgan fingerprint density at radius 2 is 2.05 bits per heavy atom. The van der Waals surface area contributed by atoms with Gasteiger partial charge in [-0.05, 0) is 38.9 Å². The number of ether oxygens (including phenoxy) is 1. The predicted molar refractivity (Wildman–Crippen MR) is 84.5 cm³/mol. The normalized spacial score (nSPS) is 23.5. The molecule has 0 unspecified atom stereocenters. The summed E-state index contributed by atoms with van der Waals surface area (Å²) in [4.78, 5) is 9.81. The lowest BCUT2D eigenvalue weighted by molar-refractivity contribution is -0.0604. The maximum Gasteiger partial charge on any atom is 0.0484 e. The highest BCUT2D eigenvalue weighted by Gasteiger charge is 2.40. The van der Waals surface area contributed by atoms with Crippen LogP contribution in [0.15, 0.2) is 18.2 Å². The number of pyridine rings is 1. The van der Waals surface area contributed by atoms with Crippen molar-refractivity contribution in [2.24, 2.45) is 0 Å². The first-order valence-corrected chi connectivity index (χ1v) is 8.12. The molecule has 1 aromatic heterocycles. The van der Waals surface area contributed by atoms with E-state index in [1.54, 1.807) is 0 Å². The number of aromatic nitrogens is 1. The molecule has 0 bridgehead atoms. The second kappa shape index (κ2) is 6.42. The van der Waals surface area contributed by atoms with E-state index in [0.717, 1.165) is 31.9 Å². The average molecular weight is 289 g/mol. The van der Waals surface area contributed by atoms with Gasteiger partial charge in [0.1, 0.15) is 0 Å². The van der Waals surface area contributed by atoms with Crippen molar-refractivity contribution < 1.29 is 4.74 Å². The molecule has 1 aromatic rings. The molecule has 0 aliphatic carbocycles. The van der Waals surface area contributed by atoms with E-state index in [0.29, 0.717) is 5.54 Å². The van der Waals surface area contributed by atoms with E-state index in [2.05, 4.69) is 47.0 Å². The van der Waals surface area contributed by atoms with Crippen molar-refractivity contribution in [1.29, 1.82) is 0 Å². The number of piperazine rings is 1. The van der Waals surface area contributed by atoms with Crippen LogP contribution in [0.2, 0.25) is 0 Å². The lowest BCUT2D eigenvalue weighted by Crippen LogP contribution is -2.62. The number of nitrogens with zero attached hydrogens (tertiary/aromatic N) is 3. The molecule has 3 heterocycles. The van der Waals surface area contributed by atoms with Crippen molar-refractivity contribution >= 4 is 0 Å². The van der Waals surface area contributed by atoms with E-state index in [-0.39, 0.29) is 0 Å². The standard InChI is InChI=1S/C17H27N3O/c1-15-4-3-5-16(18-15)6-9-20-11-10-19(2)17(14-20)7-12-21-13-8-17/h3-5H,6-14H2,1-2H3. The number of hydrogen-bond acceptors (Lipinski definition) is 4. The van der Waals surface area contributed by atoms with Crippen LogP contribution < -0.4 is 0 Å². The van der Waals surface area contributed by atoms with Crippen molar-refractivity contribution in [2.45, 2.75) is 31.7 Å². The van der Waals surface area contributed by atoms with Crippen LogP contribution in [0, 0.1) is 6.92 Å². The molecule has 0 aromatic carbocycles. The van der Waals surface area contributed by atoms with Crippen LogP contribution >= 0.6 is 0 Å². The van der Waals surface area contributed by atoms with Gasteiger partial charge in [0.2, 0.25) is 0 Å². The van der Waals surface area contributed by atoms with Crippen molar-refractivity contribution in [2.75, 3.05) is 46.4 Å². The van der Waals surface area contributed by atoms with Crippen molar-refractivity contribution in [3.05, 3.63) is 29.6 Å². The molecule has 3 rings (SSSR count). The molecule has 2 aliphatic rings. The second-order valence-corrected chi connectivity index (χ2v) is 6.55. The zero-order valence-corrected chi connectivity index (χ0v) is 13.3. The fourth-order valence-corrected chi connectivity index (χ4v) is 3.64. The Morgan fingerprint density at radius 3 is 2.81 bits per heavy atom. The predicted octanol–water partition coefficient (Wildman–Crippen LogP) is 1.73. The summed E-state index contributed by atoms with van der Waals surface area (Å²) < 4.78 is 5.57. The Morgan fingerprint density at radius 1 is 1.24 bits per heavy atom. The third-order valence-electron chi connectivity index (χ3n) is 5.13. The van der Waals surface area contributed by atoms with Crippen molar-refractivity contribution in [1.82, 2.24) is 14.8 Å². The molecule has 0 N–H and O–H groups in total. The van der Waals surface area contributed by atoms with E-state index >= 15 is 0 Å². The molecule has 4 heteroatoms. The van der Waals surface area contributed by atoms with Gasteiger partial charge < -0.3 is 4.74 Å². The zero-order chi connectivity index (χ0) is 14.7. The maximum absolute atomic E-state index is 5.57. The van der Waals surface area contributed by atoms with Crippen LogP contribution in [-0.4, -0.2) is 66.8 Å². The summed E-state index contributed by atoms with van der Waals surface area (Å²) in [5, 5.41) is 0. The van der Waals surface area contributed by atoms with Crippen LogP contribution in [0.5, 0.6) is 0 Å². The number of rotatable bonds is 3. The molecule has 2 fully saturated rings. The van der Waals surface area contributed by atoms with E-state index in [1.165, 1.54) is 38.2 Å². The molecule has 0 amide bonds. The molecular weight excluding hydrogens is 262 g/mol. The molecule has 1 spiro atoms. The van der Waals surface area contributed by atoms with Gasteiger partial charge in [-0.3, -0.25) is 14.8 Å². The van der Waals surface area contributed by atoms with Gasteiger partial charge in [0.15, 0.2) is 0 Å². The van der Waals surface area contributed by atoms with Gasteiger partial charge in [0.25, 0.3) is 0 Å². The SMILES string of the molecule is Cc1cccc(CCN2CCN(C)C3(CCOCC3)C2)n1. The van der Waals surface area contributed by atoms with Crippen molar-refractivity contribution in [3.63, 3.8) is 0 Å². The molecule has 21 heavy (non-hydrogen) atoms. The Bertz CT molecular complexity index is 471. The average Bonchev–Trinajstić information content (AvgIpc) is 2.50. The summed E-state index contributed by atoms with van der Waals surface area (Å²) in [5.41, 5.74) is 2.68. The summed E-state index contributed by atoms with van der Waals surface area (Å²) >= 11 is 0. The topological polar surface area (TPSA) is 28.6 Å². The Kier molecular flexibility index (Phi) is 4.57. The smallest absolute Gasteiger partial charge is 0.0484 e. The minimum atomic E-state index is 0.344. The number of aryl methyl sites for hydroxylation is 1. The molecule has 4 nitrogen and oxygen atoms in total. The molecule has 116 valence electrons. The molecule has 0 saturated carbocycles. The third kappa shape index (κ3) is 3.44. The van der Waals surface area contributed by atoms with Crippen molar-refractivity contribution in [3.8, 4) is 0 Å². The maximum atomic E-state index is 5.57. The van der Waals surface area contributed by atoms with Crippen LogP contribution in [-0.2, 0) is 11.2 Å². The first-order chi connectivity index (χ1) is 10.2. The monoisotopic (exact) mass is 289 g/mol. The fourth-order valence-electron chi connectivity index (χ4n) is 3.64. The van der Waals surface area contributed by atoms with Gasteiger partial charge in [-0.2, -0.15) is 0 Å². The quantitative estimate of drug-likeness (QED) is 0.847. The summed E-state index contributed by atoms with van der Waals surface area (Å²) in [7, 11) is 2.28. The molecule has 2 saturated heterocycles. The van der Waals surface area contributed by atoms with E-state index in [9.17, 15) is 0 Å². The Hall–Kier alpha value is -0.970. The van der Waals surface area contributed by atoms with E-state index < -0.39 is 0 Å². The van der Waals surface area contributed by atoms with E-state index in [4.69, 9.17) is 4.74 Å². The van der Waals surface area contributed by atoms with Crippen LogP contribution in [0.1, 0.15) is 24.2 Å². The molecular formula is C17H27N3O. The summed E-state index contributed by atoms with van der Waals surface area (Å²) in [6, 6.07) is 6.32. The summed E-state index contributed by atoms with van der Waals surface area (Å²) in [6.07, 6.45) is 3.39. The van der Waals surface area contributed by atoms with Crippen LogP contribution in [0.3, 0.4) is 0 Å². The lowest BCUT2D eigenvalue weighted by atomic mass is 9.86. The second-order valence-electron chi connectivity index (χ2n) is 6.55. The minimum absolute atomic E-state index is 0.344. The molecule has 0 atom stereocenters. The first kappa shape index (κ1) is 14.9. The number of hydrogen-bond donors (Lipinski definition) is 0. The van der Waals surface area contributed by atoms with Crippen LogP contribution in [0.4, 0.5) is 0 Å².